The molecule has 0 bridgehead atoms. The van der Waals surface area contributed by atoms with E-state index in [-0.39, 0.29) is 11.4 Å². The van der Waals surface area contributed by atoms with Crippen molar-refractivity contribution < 1.29 is 4.79 Å². The molecule has 0 atom stereocenters. The Kier molecular flexibility index (Phi) is 4.11. The van der Waals surface area contributed by atoms with Crippen molar-refractivity contribution in [3.63, 3.8) is 0 Å². The molecule has 1 amide bonds. The van der Waals surface area contributed by atoms with Crippen molar-refractivity contribution in [1.29, 1.82) is 0 Å². The van der Waals surface area contributed by atoms with Gasteiger partial charge in [-0.15, -0.1) is 0 Å². The summed E-state index contributed by atoms with van der Waals surface area (Å²) in [5, 5.41) is 7.60. The first-order valence-corrected chi connectivity index (χ1v) is 9.13. The third kappa shape index (κ3) is 3.03. The zero-order valence-corrected chi connectivity index (χ0v) is 15.2. The monoisotopic (exact) mass is 345 g/mol. The van der Waals surface area contributed by atoms with Gasteiger partial charge < -0.3 is 5.32 Å². The number of carbonyl (C=O) groups excluding carboxylic acids is 1. The van der Waals surface area contributed by atoms with Gasteiger partial charge in [-0.25, -0.2) is 0 Å². The van der Waals surface area contributed by atoms with Crippen molar-refractivity contribution in [2.45, 2.75) is 38.8 Å². The predicted molar refractivity (Wildman–Crippen MR) is 103 cm³/mol. The van der Waals surface area contributed by atoms with Crippen molar-refractivity contribution in [2.24, 2.45) is 0 Å². The van der Waals surface area contributed by atoms with Crippen molar-refractivity contribution in [3.05, 3.63) is 77.6 Å². The zero-order chi connectivity index (χ0) is 18.1. The molecule has 132 valence electrons. The molecule has 4 rings (SSSR count). The van der Waals surface area contributed by atoms with Crippen LogP contribution in [-0.4, -0.2) is 15.7 Å². The van der Waals surface area contributed by atoms with Crippen LogP contribution in [0.25, 0.3) is 11.1 Å². The minimum Gasteiger partial charge on any atom is -0.343 e. The zero-order valence-electron chi connectivity index (χ0n) is 15.2. The number of nitrogens with zero attached hydrogens (tertiary/aromatic N) is 2. The molecule has 0 aliphatic heterocycles. The van der Waals surface area contributed by atoms with Gasteiger partial charge in [0.1, 0.15) is 0 Å². The molecular weight excluding hydrogens is 322 g/mol. The molecule has 1 saturated carbocycles. The fraction of sp³-hybridized carbons (Fsp3) is 0.273. The lowest BCUT2D eigenvalue weighted by molar-refractivity contribution is 0.0931. The Morgan fingerprint density at radius 1 is 1.15 bits per heavy atom. The van der Waals surface area contributed by atoms with Gasteiger partial charge in [0.05, 0.1) is 11.7 Å². The standard InChI is InChI=1S/C22H23N3O/c1-3-25-15-19(14-23-25)17-8-6-9-18(13-17)21(26)24-22(11-12-22)20-10-5-4-7-16(20)2/h4-10,13-15H,3,11-12H2,1-2H3,(H,24,26). The van der Waals surface area contributed by atoms with Crippen molar-refractivity contribution in [3.8, 4) is 11.1 Å². The van der Waals surface area contributed by atoms with Gasteiger partial charge in [-0.3, -0.25) is 9.48 Å². The Morgan fingerprint density at radius 3 is 2.65 bits per heavy atom. The molecule has 2 aromatic carbocycles. The molecule has 1 N–H and O–H groups in total. The lowest BCUT2D eigenvalue weighted by Crippen LogP contribution is -2.35. The molecule has 0 saturated heterocycles. The largest absolute Gasteiger partial charge is 0.343 e. The third-order valence-corrected chi connectivity index (χ3v) is 5.18. The predicted octanol–water partition coefficient (Wildman–Crippen LogP) is 4.30. The molecule has 3 aromatic rings. The van der Waals surface area contributed by atoms with Gasteiger partial charge in [0, 0.05) is 23.9 Å². The molecular formula is C22H23N3O. The molecule has 26 heavy (non-hydrogen) atoms. The summed E-state index contributed by atoms with van der Waals surface area (Å²) < 4.78 is 1.89. The third-order valence-electron chi connectivity index (χ3n) is 5.18. The summed E-state index contributed by atoms with van der Waals surface area (Å²) >= 11 is 0. The van der Waals surface area contributed by atoms with E-state index in [9.17, 15) is 4.79 Å². The summed E-state index contributed by atoms with van der Waals surface area (Å²) in [6, 6.07) is 16.1. The first kappa shape index (κ1) is 16.6. The maximum absolute atomic E-state index is 12.9. The lowest BCUT2D eigenvalue weighted by atomic mass is 9.98. The Balaban J connectivity index is 1.57. The minimum absolute atomic E-state index is 0.0181. The highest BCUT2D eigenvalue weighted by Gasteiger charge is 2.46. The molecule has 0 spiro atoms. The van der Waals surface area contributed by atoms with Crippen LogP contribution in [0, 0.1) is 6.92 Å². The average Bonchev–Trinajstić information content (AvgIpc) is 3.27. The number of carbonyl (C=O) groups is 1. The minimum atomic E-state index is -0.203. The lowest BCUT2D eigenvalue weighted by Gasteiger charge is -2.20. The van der Waals surface area contributed by atoms with E-state index in [0.29, 0.717) is 5.56 Å². The van der Waals surface area contributed by atoms with E-state index in [0.717, 1.165) is 30.5 Å². The molecule has 1 aromatic heterocycles. The van der Waals surface area contributed by atoms with Gasteiger partial charge in [-0.05, 0) is 55.5 Å². The second kappa shape index (κ2) is 6.45. The molecule has 0 radical (unpaired) electrons. The normalized spacial score (nSPS) is 14.8. The summed E-state index contributed by atoms with van der Waals surface area (Å²) in [4.78, 5) is 12.9. The van der Waals surface area contributed by atoms with Crippen LogP contribution in [0.3, 0.4) is 0 Å². The number of hydrogen-bond donors (Lipinski definition) is 1. The highest BCUT2D eigenvalue weighted by atomic mass is 16.1. The smallest absolute Gasteiger partial charge is 0.251 e. The summed E-state index contributed by atoms with van der Waals surface area (Å²) in [6.45, 7) is 4.99. The van der Waals surface area contributed by atoms with Crippen molar-refractivity contribution in [1.82, 2.24) is 15.1 Å². The van der Waals surface area contributed by atoms with Crippen LogP contribution in [0.1, 0.15) is 41.3 Å². The molecule has 1 fully saturated rings. The van der Waals surface area contributed by atoms with Gasteiger partial charge in [-0.1, -0.05) is 36.4 Å². The van der Waals surface area contributed by atoms with Crippen LogP contribution in [0.5, 0.6) is 0 Å². The summed E-state index contributed by atoms with van der Waals surface area (Å²) in [5.74, 6) is -0.0181. The summed E-state index contributed by atoms with van der Waals surface area (Å²) in [6.07, 6.45) is 5.84. The molecule has 4 nitrogen and oxygen atoms in total. The van der Waals surface area contributed by atoms with Gasteiger partial charge in [0.25, 0.3) is 5.91 Å². The number of aromatic nitrogens is 2. The van der Waals surface area contributed by atoms with Crippen LogP contribution < -0.4 is 5.32 Å². The Bertz CT molecular complexity index is 953. The number of hydrogen-bond acceptors (Lipinski definition) is 2. The van der Waals surface area contributed by atoms with E-state index in [1.54, 1.807) is 0 Å². The van der Waals surface area contributed by atoms with Crippen LogP contribution >= 0.6 is 0 Å². The van der Waals surface area contributed by atoms with Gasteiger partial charge in [0.2, 0.25) is 0 Å². The molecule has 4 heteroatoms. The first-order chi connectivity index (χ1) is 12.6. The van der Waals surface area contributed by atoms with Gasteiger partial charge >= 0.3 is 0 Å². The second-order valence-electron chi connectivity index (χ2n) is 7.02. The van der Waals surface area contributed by atoms with Crippen LogP contribution in [0.2, 0.25) is 0 Å². The summed E-state index contributed by atoms with van der Waals surface area (Å²) in [7, 11) is 0. The summed E-state index contributed by atoms with van der Waals surface area (Å²) in [5.41, 5.74) is 4.98. The van der Waals surface area contributed by atoms with E-state index in [1.165, 1.54) is 11.1 Å². The second-order valence-corrected chi connectivity index (χ2v) is 7.02. The Morgan fingerprint density at radius 2 is 1.96 bits per heavy atom. The first-order valence-electron chi connectivity index (χ1n) is 9.13. The molecule has 0 unspecified atom stereocenters. The van der Waals surface area contributed by atoms with E-state index in [1.807, 2.05) is 53.5 Å². The fourth-order valence-corrected chi connectivity index (χ4v) is 3.51. The van der Waals surface area contributed by atoms with Crippen molar-refractivity contribution in [2.75, 3.05) is 0 Å². The molecule has 1 aliphatic rings. The average molecular weight is 345 g/mol. The van der Waals surface area contributed by atoms with E-state index >= 15 is 0 Å². The van der Waals surface area contributed by atoms with Crippen molar-refractivity contribution >= 4 is 5.91 Å². The van der Waals surface area contributed by atoms with Crippen LogP contribution in [0.4, 0.5) is 0 Å². The van der Waals surface area contributed by atoms with Gasteiger partial charge in [0.15, 0.2) is 0 Å². The number of aryl methyl sites for hydroxylation is 2. The van der Waals surface area contributed by atoms with E-state index < -0.39 is 0 Å². The number of amides is 1. The quantitative estimate of drug-likeness (QED) is 0.749. The SMILES string of the molecule is CCn1cc(-c2cccc(C(=O)NC3(c4ccccc4C)CC3)c2)cn1. The Labute approximate surface area is 153 Å². The number of nitrogens with one attached hydrogen (secondary N) is 1. The number of rotatable bonds is 5. The highest BCUT2D eigenvalue weighted by Crippen LogP contribution is 2.46. The molecule has 1 aliphatic carbocycles. The maximum atomic E-state index is 12.9. The van der Waals surface area contributed by atoms with Crippen LogP contribution in [-0.2, 0) is 12.1 Å². The maximum Gasteiger partial charge on any atom is 0.251 e. The van der Waals surface area contributed by atoms with Crippen LogP contribution in [0.15, 0.2) is 60.9 Å². The number of benzene rings is 2. The molecule has 1 heterocycles. The highest BCUT2D eigenvalue weighted by molar-refractivity contribution is 5.96. The Hall–Kier alpha value is -2.88. The van der Waals surface area contributed by atoms with Gasteiger partial charge in [-0.2, -0.15) is 5.10 Å². The van der Waals surface area contributed by atoms with E-state index in [4.69, 9.17) is 0 Å². The van der Waals surface area contributed by atoms with E-state index in [2.05, 4.69) is 36.4 Å². The topological polar surface area (TPSA) is 46.9 Å². The fourth-order valence-electron chi connectivity index (χ4n) is 3.51.